The van der Waals surface area contributed by atoms with Crippen LogP contribution in [0.15, 0.2) is 30.3 Å². The van der Waals surface area contributed by atoms with Crippen LogP contribution in [0.4, 0.5) is 0 Å². The van der Waals surface area contributed by atoms with E-state index in [0.29, 0.717) is 12.1 Å². The van der Waals surface area contributed by atoms with Crippen LogP contribution in [0.1, 0.15) is 38.3 Å². The zero-order valence-electron chi connectivity index (χ0n) is 13.4. The topological polar surface area (TPSA) is 15.7 Å². The van der Waals surface area contributed by atoms with E-state index in [4.69, 9.17) is 4.74 Å². The molecule has 2 aliphatic rings. The van der Waals surface area contributed by atoms with E-state index >= 15 is 0 Å². The van der Waals surface area contributed by atoms with Gasteiger partial charge in [-0.05, 0) is 38.8 Å². The van der Waals surface area contributed by atoms with E-state index in [0.717, 1.165) is 19.2 Å². The highest BCUT2D eigenvalue weighted by Crippen LogP contribution is 2.32. The third-order valence-corrected chi connectivity index (χ3v) is 4.81. The van der Waals surface area contributed by atoms with Crippen LogP contribution in [0.3, 0.4) is 0 Å². The molecule has 2 fully saturated rings. The number of fused-ring (bicyclic) bond motifs is 1. The van der Waals surface area contributed by atoms with Crippen LogP contribution in [0.5, 0.6) is 0 Å². The zero-order chi connectivity index (χ0) is 14.7. The molecule has 1 aromatic carbocycles. The highest BCUT2D eigenvalue weighted by atomic mass is 16.5. The van der Waals surface area contributed by atoms with Gasteiger partial charge in [0.2, 0.25) is 0 Å². The van der Waals surface area contributed by atoms with Gasteiger partial charge in [0.15, 0.2) is 0 Å². The first-order valence-corrected chi connectivity index (χ1v) is 8.38. The van der Waals surface area contributed by atoms with Gasteiger partial charge in [-0.3, -0.25) is 9.80 Å². The Morgan fingerprint density at radius 2 is 2.00 bits per heavy atom. The van der Waals surface area contributed by atoms with E-state index in [1.807, 2.05) is 0 Å². The summed E-state index contributed by atoms with van der Waals surface area (Å²) in [7, 11) is 0. The number of hydrogen-bond donors (Lipinski definition) is 0. The summed E-state index contributed by atoms with van der Waals surface area (Å²) in [6.07, 6.45) is 3.05. The zero-order valence-corrected chi connectivity index (χ0v) is 13.4. The van der Waals surface area contributed by atoms with Gasteiger partial charge in [0.1, 0.15) is 0 Å². The van der Waals surface area contributed by atoms with Gasteiger partial charge < -0.3 is 4.74 Å². The van der Waals surface area contributed by atoms with E-state index in [-0.39, 0.29) is 0 Å². The standard InChI is InChI=1S/C18H28N2O/c1-15(2)21-12-11-20-13-17-9-6-10-19(17)14-18(20)16-7-4-3-5-8-16/h3-5,7-8,15,17-18H,6,9-14H2,1-2H3. The lowest BCUT2D eigenvalue weighted by Crippen LogP contribution is -2.52. The number of piperazine rings is 1. The van der Waals surface area contributed by atoms with Crippen molar-refractivity contribution in [3.8, 4) is 0 Å². The summed E-state index contributed by atoms with van der Waals surface area (Å²) >= 11 is 0. The maximum Gasteiger partial charge on any atom is 0.0597 e. The van der Waals surface area contributed by atoms with E-state index in [9.17, 15) is 0 Å². The minimum atomic E-state index is 0.327. The van der Waals surface area contributed by atoms with Crippen LogP contribution in [-0.2, 0) is 4.74 Å². The number of benzene rings is 1. The average Bonchev–Trinajstić information content (AvgIpc) is 2.94. The SMILES string of the molecule is CC(C)OCCN1CC2CCCN2CC1c1ccccc1. The summed E-state index contributed by atoms with van der Waals surface area (Å²) < 4.78 is 5.78. The van der Waals surface area contributed by atoms with Gasteiger partial charge in [-0.25, -0.2) is 0 Å². The fourth-order valence-electron chi connectivity index (χ4n) is 3.72. The summed E-state index contributed by atoms with van der Waals surface area (Å²) in [5.74, 6) is 0. The molecule has 2 unspecified atom stereocenters. The largest absolute Gasteiger partial charge is 0.377 e. The van der Waals surface area contributed by atoms with Gasteiger partial charge in [-0.2, -0.15) is 0 Å². The molecule has 21 heavy (non-hydrogen) atoms. The van der Waals surface area contributed by atoms with E-state index in [1.165, 1.54) is 38.0 Å². The van der Waals surface area contributed by atoms with Crippen molar-refractivity contribution in [3.05, 3.63) is 35.9 Å². The van der Waals surface area contributed by atoms with Gasteiger partial charge in [0, 0.05) is 31.7 Å². The molecule has 0 aliphatic carbocycles. The minimum absolute atomic E-state index is 0.327. The van der Waals surface area contributed by atoms with Crippen LogP contribution < -0.4 is 0 Å². The summed E-state index contributed by atoms with van der Waals surface area (Å²) in [6, 6.07) is 12.3. The normalized spacial score (nSPS) is 27.2. The average molecular weight is 288 g/mol. The summed E-state index contributed by atoms with van der Waals surface area (Å²) in [5.41, 5.74) is 1.45. The van der Waals surface area contributed by atoms with Crippen molar-refractivity contribution in [2.75, 3.05) is 32.8 Å². The molecule has 2 heterocycles. The molecule has 2 atom stereocenters. The van der Waals surface area contributed by atoms with Crippen LogP contribution in [0, 0.1) is 0 Å². The summed E-state index contributed by atoms with van der Waals surface area (Å²) in [6.45, 7) is 9.77. The monoisotopic (exact) mass is 288 g/mol. The molecule has 3 rings (SSSR count). The van der Waals surface area contributed by atoms with Crippen molar-refractivity contribution < 1.29 is 4.74 Å². The first-order chi connectivity index (χ1) is 10.2. The van der Waals surface area contributed by atoms with Gasteiger partial charge in [-0.1, -0.05) is 30.3 Å². The maximum atomic E-state index is 5.78. The molecule has 0 spiro atoms. The number of rotatable bonds is 5. The Hall–Kier alpha value is -0.900. The molecule has 3 heteroatoms. The molecule has 0 bridgehead atoms. The Labute approximate surface area is 128 Å². The fourth-order valence-corrected chi connectivity index (χ4v) is 3.72. The molecule has 116 valence electrons. The molecule has 3 nitrogen and oxygen atoms in total. The van der Waals surface area contributed by atoms with Crippen molar-refractivity contribution in [2.24, 2.45) is 0 Å². The third-order valence-electron chi connectivity index (χ3n) is 4.81. The Balaban J connectivity index is 1.69. The molecule has 0 amide bonds. The second kappa shape index (κ2) is 6.91. The molecule has 0 aromatic heterocycles. The fraction of sp³-hybridized carbons (Fsp3) is 0.667. The predicted molar refractivity (Wildman–Crippen MR) is 86.4 cm³/mol. The summed E-state index contributed by atoms with van der Waals surface area (Å²) in [5, 5.41) is 0. The van der Waals surface area contributed by atoms with Crippen molar-refractivity contribution in [3.63, 3.8) is 0 Å². The smallest absolute Gasteiger partial charge is 0.0597 e. The van der Waals surface area contributed by atoms with E-state index < -0.39 is 0 Å². The lowest BCUT2D eigenvalue weighted by atomic mass is 10.00. The van der Waals surface area contributed by atoms with Crippen LogP contribution in [0.25, 0.3) is 0 Å². The second-order valence-corrected chi connectivity index (χ2v) is 6.63. The molecule has 0 saturated carbocycles. The Bertz CT molecular complexity index is 434. The number of hydrogen-bond acceptors (Lipinski definition) is 3. The second-order valence-electron chi connectivity index (χ2n) is 6.63. The molecule has 1 aromatic rings. The first kappa shape index (κ1) is 15.0. The van der Waals surface area contributed by atoms with Gasteiger partial charge in [-0.15, -0.1) is 0 Å². The highest BCUT2D eigenvalue weighted by molar-refractivity contribution is 5.20. The van der Waals surface area contributed by atoms with Gasteiger partial charge in [0.05, 0.1) is 12.7 Å². The van der Waals surface area contributed by atoms with Crippen molar-refractivity contribution in [2.45, 2.75) is 44.9 Å². The minimum Gasteiger partial charge on any atom is -0.377 e. The Kier molecular flexibility index (Phi) is 4.94. The highest BCUT2D eigenvalue weighted by Gasteiger charge is 2.36. The quantitative estimate of drug-likeness (QED) is 0.828. The molecular formula is C18H28N2O. The van der Waals surface area contributed by atoms with E-state index in [1.54, 1.807) is 0 Å². The predicted octanol–water partition coefficient (Wildman–Crippen LogP) is 2.93. The molecular weight excluding hydrogens is 260 g/mol. The number of ether oxygens (including phenoxy) is 1. The van der Waals surface area contributed by atoms with Gasteiger partial charge >= 0.3 is 0 Å². The molecule has 2 aliphatic heterocycles. The van der Waals surface area contributed by atoms with Crippen molar-refractivity contribution in [1.82, 2.24) is 9.80 Å². The maximum absolute atomic E-state index is 5.78. The lowest BCUT2D eigenvalue weighted by Gasteiger charge is -2.44. The van der Waals surface area contributed by atoms with Crippen molar-refractivity contribution in [1.29, 1.82) is 0 Å². The Morgan fingerprint density at radius 3 is 2.76 bits per heavy atom. The molecule has 2 saturated heterocycles. The van der Waals surface area contributed by atoms with E-state index in [2.05, 4.69) is 54.0 Å². The van der Waals surface area contributed by atoms with Crippen LogP contribution in [-0.4, -0.2) is 54.7 Å². The Morgan fingerprint density at radius 1 is 1.19 bits per heavy atom. The molecule has 0 N–H and O–H groups in total. The lowest BCUT2D eigenvalue weighted by molar-refractivity contribution is 0.00907. The van der Waals surface area contributed by atoms with Gasteiger partial charge in [0.25, 0.3) is 0 Å². The first-order valence-electron chi connectivity index (χ1n) is 8.38. The summed E-state index contributed by atoms with van der Waals surface area (Å²) in [4.78, 5) is 5.33. The molecule has 0 radical (unpaired) electrons. The van der Waals surface area contributed by atoms with Crippen LogP contribution in [0.2, 0.25) is 0 Å². The van der Waals surface area contributed by atoms with Crippen molar-refractivity contribution >= 4 is 0 Å². The van der Waals surface area contributed by atoms with Crippen LogP contribution >= 0.6 is 0 Å². The third kappa shape index (κ3) is 3.65. The number of nitrogens with zero attached hydrogens (tertiary/aromatic N) is 2.